The van der Waals surface area contributed by atoms with Crippen molar-refractivity contribution in [3.05, 3.63) is 28.8 Å². The van der Waals surface area contributed by atoms with Gasteiger partial charge in [0.1, 0.15) is 5.75 Å². The molecule has 4 heteroatoms. The molecule has 0 aliphatic heterocycles. The number of rotatable bonds is 3. The summed E-state index contributed by atoms with van der Waals surface area (Å²) in [5.74, 6) is 0.586. The third-order valence-electron chi connectivity index (χ3n) is 2.20. The molecule has 1 atom stereocenters. The Labute approximate surface area is 94.8 Å². The van der Waals surface area contributed by atoms with E-state index in [9.17, 15) is 5.11 Å². The Bertz CT molecular complexity index is 347. The molecule has 84 valence electrons. The Balaban J connectivity index is 3.02. The number of nitrogens with two attached hydrogens (primary N) is 1. The van der Waals surface area contributed by atoms with Gasteiger partial charge in [0, 0.05) is 5.54 Å². The van der Waals surface area contributed by atoms with Crippen molar-refractivity contribution in [2.45, 2.75) is 25.5 Å². The van der Waals surface area contributed by atoms with E-state index in [0.717, 1.165) is 0 Å². The van der Waals surface area contributed by atoms with Gasteiger partial charge < -0.3 is 15.6 Å². The van der Waals surface area contributed by atoms with E-state index in [4.69, 9.17) is 22.1 Å². The second-order valence-corrected chi connectivity index (χ2v) is 4.53. The highest BCUT2D eigenvalue weighted by Gasteiger charge is 2.24. The van der Waals surface area contributed by atoms with E-state index < -0.39 is 11.6 Å². The van der Waals surface area contributed by atoms with Gasteiger partial charge in [-0.05, 0) is 31.5 Å². The number of hydrogen-bond donors (Lipinski definition) is 2. The van der Waals surface area contributed by atoms with E-state index in [-0.39, 0.29) is 0 Å². The highest BCUT2D eigenvalue weighted by molar-refractivity contribution is 6.32. The quantitative estimate of drug-likeness (QED) is 0.835. The molecule has 0 aromatic heterocycles. The van der Waals surface area contributed by atoms with Crippen molar-refractivity contribution in [2.24, 2.45) is 5.73 Å². The molecule has 0 bridgehead atoms. The van der Waals surface area contributed by atoms with E-state index in [2.05, 4.69) is 0 Å². The van der Waals surface area contributed by atoms with E-state index in [0.29, 0.717) is 16.3 Å². The van der Waals surface area contributed by atoms with Crippen LogP contribution < -0.4 is 10.5 Å². The van der Waals surface area contributed by atoms with Crippen LogP contribution in [0.5, 0.6) is 5.75 Å². The second-order valence-electron chi connectivity index (χ2n) is 4.12. The maximum absolute atomic E-state index is 9.92. The van der Waals surface area contributed by atoms with Gasteiger partial charge in [-0.15, -0.1) is 0 Å². The molecule has 1 unspecified atom stereocenters. The zero-order chi connectivity index (χ0) is 11.6. The maximum atomic E-state index is 9.92. The summed E-state index contributed by atoms with van der Waals surface area (Å²) in [6, 6.07) is 5.14. The van der Waals surface area contributed by atoms with Crippen molar-refractivity contribution < 1.29 is 9.84 Å². The van der Waals surface area contributed by atoms with E-state index in [1.54, 1.807) is 39.2 Å². The van der Waals surface area contributed by atoms with Gasteiger partial charge in [-0.1, -0.05) is 17.7 Å². The number of benzene rings is 1. The number of hydrogen-bond acceptors (Lipinski definition) is 3. The SMILES string of the molecule is COc1ccc(C(O)C(C)(C)N)cc1Cl. The molecule has 0 aliphatic carbocycles. The normalized spacial score (nSPS) is 13.7. The lowest BCUT2D eigenvalue weighted by Gasteiger charge is -2.26. The smallest absolute Gasteiger partial charge is 0.137 e. The molecular formula is C11H16ClNO2. The van der Waals surface area contributed by atoms with Gasteiger partial charge in [0.15, 0.2) is 0 Å². The fourth-order valence-corrected chi connectivity index (χ4v) is 1.55. The Hall–Kier alpha value is -0.770. The number of methoxy groups -OCH3 is 1. The van der Waals surface area contributed by atoms with Gasteiger partial charge in [-0.2, -0.15) is 0 Å². The van der Waals surface area contributed by atoms with Crippen molar-refractivity contribution in [2.75, 3.05) is 7.11 Å². The van der Waals surface area contributed by atoms with E-state index in [1.807, 2.05) is 0 Å². The summed E-state index contributed by atoms with van der Waals surface area (Å²) in [6.07, 6.45) is -0.749. The minimum absolute atomic E-state index is 0.471. The van der Waals surface area contributed by atoms with E-state index >= 15 is 0 Å². The molecule has 0 heterocycles. The van der Waals surface area contributed by atoms with Crippen LogP contribution in [0.4, 0.5) is 0 Å². The number of halogens is 1. The van der Waals surface area contributed by atoms with Crippen molar-refractivity contribution in [3.63, 3.8) is 0 Å². The molecule has 0 fully saturated rings. The molecular weight excluding hydrogens is 214 g/mol. The molecule has 1 aromatic carbocycles. The van der Waals surface area contributed by atoms with Gasteiger partial charge in [-0.3, -0.25) is 0 Å². The highest BCUT2D eigenvalue weighted by Crippen LogP contribution is 2.30. The minimum atomic E-state index is -0.749. The molecule has 0 radical (unpaired) electrons. The summed E-state index contributed by atoms with van der Waals surface area (Å²) in [4.78, 5) is 0. The lowest BCUT2D eigenvalue weighted by Crippen LogP contribution is -2.39. The molecule has 1 aromatic rings. The Kier molecular flexibility index (Phi) is 3.60. The van der Waals surface area contributed by atoms with Crippen LogP contribution in [0, 0.1) is 0 Å². The van der Waals surface area contributed by atoms with Crippen LogP contribution in [-0.2, 0) is 0 Å². The third-order valence-corrected chi connectivity index (χ3v) is 2.49. The van der Waals surface area contributed by atoms with Gasteiger partial charge in [0.05, 0.1) is 18.2 Å². The summed E-state index contributed by atoms with van der Waals surface area (Å²) < 4.78 is 5.02. The third kappa shape index (κ3) is 2.84. The van der Waals surface area contributed by atoms with Crippen LogP contribution in [0.25, 0.3) is 0 Å². The Morgan fingerprint density at radius 3 is 2.47 bits per heavy atom. The average molecular weight is 230 g/mol. The molecule has 1 rings (SSSR count). The summed E-state index contributed by atoms with van der Waals surface area (Å²) in [5, 5.41) is 10.4. The van der Waals surface area contributed by atoms with Crippen LogP contribution in [-0.4, -0.2) is 17.8 Å². The van der Waals surface area contributed by atoms with Gasteiger partial charge in [0.25, 0.3) is 0 Å². The second kappa shape index (κ2) is 4.39. The van der Waals surface area contributed by atoms with Crippen LogP contribution in [0.15, 0.2) is 18.2 Å². The van der Waals surface area contributed by atoms with E-state index in [1.165, 1.54) is 0 Å². The van der Waals surface area contributed by atoms with Gasteiger partial charge >= 0.3 is 0 Å². The molecule has 0 spiro atoms. The summed E-state index contributed by atoms with van der Waals surface area (Å²) >= 11 is 5.95. The molecule has 0 aliphatic rings. The monoisotopic (exact) mass is 229 g/mol. The molecule has 15 heavy (non-hydrogen) atoms. The predicted molar refractivity (Wildman–Crippen MR) is 61.2 cm³/mol. The maximum Gasteiger partial charge on any atom is 0.137 e. The summed E-state index contributed by atoms with van der Waals surface area (Å²) in [7, 11) is 1.55. The number of aliphatic hydroxyl groups excluding tert-OH is 1. The highest BCUT2D eigenvalue weighted by atomic mass is 35.5. The van der Waals surface area contributed by atoms with Crippen LogP contribution in [0.2, 0.25) is 5.02 Å². The molecule has 3 N–H and O–H groups in total. The van der Waals surface area contributed by atoms with Crippen molar-refractivity contribution in [1.82, 2.24) is 0 Å². The number of ether oxygens (including phenoxy) is 1. The fraction of sp³-hybridized carbons (Fsp3) is 0.455. The fourth-order valence-electron chi connectivity index (χ4n) is 1.28. The Morgan fingerprint density at radius 2 is 2.07 bits per heavy atom. The van der Waals surface area contributed by atoms with Gasteiger partial charge in [-0.25, -0.2) is 0 Å². The molecule has 3 nitrogen and oxygen atoms in total. The largest absolute Gasteiger partial charge is 0.495 e. The van der Waals surface area contributed by atoms with Crippen molar-refractivity contribution in [1.29, 1.82) is 0 Å². The summed E-state index contributed by atoms with van der Waals surface area (Å²) in [5.41, 5.74) is 5.80. The lowest BCUT2D eigenvalue weighted by atomic mass is 9.92. The average Bonchev–Trinajstić information content (AvgIpc) is 2.15. The summed E-state index contributed by atoms with van der Waals surface area (Å²) in [6.45, 7) is 3.52. The van der Waals surface area contributed by atoms with Gasteiger partial charge in [0.2, 0.25) is 0 Å². The first-order valence-corrected chi connectivity index (χ1v) is 5.04. The van der Waals surface area contributed by atoms with Crippen LogP contribution in [0.3, 0.4) is 0 Å². The zero-order valence-corrected chi connectivity index (χ0v) is 9.88. The molecule has 0 saturated carbocycles. The topological polar surface area (TPSA) is 55.5 Å². The van der Waals surface area contributed by atoms with Crippen molar-refractivity contribution >= 4 is 11.6 Å². The number of aliphatic hydroxyl groups is 1. The lowest BCUT2D eigenvalue weighted by molar-refractivity contribution is 0.104. The van der Waals surface area contributed by atoms with Crippen LogP contribution in [0.1, 0.15) is 25.5 Å². The predicted octanol–water partition coefficient (Wildman–Crippen LogP) is 2.12. The minimum Gasteiger partial charge on any atom is -0.495 e. The van der Waals surface area contributed by atoms with Crippen LogP contribution >= 0.6 is 11.6 Å². The zero-order valence-electron chi connectivity index (χ0n) is 9.12. The standard InChI is InChI=1S/C11H16ClNO2/c1-11(2,13)10(14)7-4-5-9(15-3)8(12)6-7/h4-6,10,14H,13H2,1-3H3. The first kappa shape index (κ1) is 12.3. The molecule has 0 amide bonds. The Morgan fingerprint density at radius 1 is 1.47 bits per heavy atom. The first-order valence-electron chi connectivity index (χ1n) is 4.66. The van der Waals surface area contributed by atoms with Crippen molar-refractivity contribution in [3.8, 4) is 5.75 Å². The first-order chi connectivity index (χ1) is 6.86. The molecule has 0 saturated heterocycles.